The summed E-state index contributed by atoms with van der Waals surface area (Å²) in [5.41, 5.74) is 0.0264. The van der Waals surface area contributed by atoms with Gasteiger partial charge in [0.1, 0.15) is 0 Å². The monoisotopic (exact) mass is 271 g/mol. The highest BCUT2D eigenvalue weighted by Gasteiger charge is 2.20. The third-order valence-corrected chi connectivity index (χ3v) is 2.66. The minimum Gasteiger partial charge on any atom is -0.469 e. The smallest absolute Gasteiger partial charge is 0.310 e. The lowest BCUT2D eigenvalue weighted by Gasteiger charge is -2.20. The fraction of sp³-hybridized carbons (Fsp3) is 0.385. The lowest BCUT2D eigenvalue weighted by molar-refractivity contribution is -0.145. The van der Waals surface area contributed by atoms with Crippen molar-refractivity contribution in [2.24, 2.45) is 5.92 Å². The van der Waals surface area contributed by atoms with Crippen LogP contribution in [-0.2, 0) is 9.53 Å². The van der Waals surface area contributed by atoms with Gasteiger partial charge in [0.15, 0.2) is 11.6 Å². The van der Waals surface area contributed by atoms with Crippen LogP contribution in [0.4, 0.5) is 8.78 Å². The lowest BCUT2D eigenvalue weighted by atomic mass is 10.1. The van der Waals surface area contributed by atoms with E-state index in [1.165, 1.54) is 25.1 Å². The molecule has 1 atom stereocenters. The maximum Gasteiger partial charge on any atom is 0.310 e. The van der Waals surface area contributed by atoms with Crippen molar-refractivity contribution in [2.45, 2.75) is 6.92 Å². The summed E-state index contributed by atoms with van der Waals surface area (Å²) in [6, 6.07) is 2.91. The van der Waals surface area contributed by atoms with Crippen LogP contribution >= 0.6 is 0 Å². The summed E-state index contributed by atoms with van der Waals surface area (Å²) in [4.78, 5) is 24.4. The third-order valence-electron chi connectivity index (χ3n) is 2.66. The van der Waals surface area contributed by atoms with E-state index in [1.807, 2.05) is 0 Å². The SMILES string of the molecule is COC(=O)C(C)CN(C)C(=O)c1ccc(F)c(F)c1. The summed E-state index contributed by atoms with van der Waals surface area (Å²) in [6.45, 7) is 1.74. The summed E-state index contributed by atoms with van der Waals surface area (Å²) < 4.78 is 30.3. The highest BCUT2D eigenvalue weighted by molar-refractivity contribution is 5.94. The molecule has 0 aromatic heterocycles. The Morgan fingerprint density at radius 3 is 2.47 bits per heavy atom. The molecule has 0 fully saturated rings. The van der Waals surface area contributed by atoms with Crippen LogP contribution in [0.25, 0.3) is 0 Å². The van der Waals surface area contributed by atoms with Crippen molar-refractivity contribution in [3.63, 3.8) is 0 Å². The summed E-state index contributed by atoms with van der Waals surface area (Å²) in [5, 5.41) is 0. The van der Waals surface area contributed by atoms with Crippen molar-refractivity contribution in [3.8, 4) is 0 Å². The molecule has 0 saturated heterocycles. The fourth-order valence-corrected chi connectivity index (χ4v) is 1.62. The van der Waals surface area contributed by atoms with E-state index in [2.05, 4.69) is 4.74 Å². The molecule has 0 aliphatic carbocycles. The molecule has 0 spiro atoms. The Morgan fingerprint density at radius 1 is 1.32 bits per heavy atom. The quantitative estimate of drug-likeness (QED) is 0.785. The van der Waals surface area contributed by atoms with Gasteiger partial charge >= 0.3 is 5.97 Å². The molecule has 104 valence electrons. The van der Waals surface area contributed by atoms with Gasteiger partial charge in [-0.2, -0.15) is 0 Å². The number of methoxy groups -OCH3 is 1. The third kappa shape index (κ3) is 3.74. The van der Waals surface area contributed by atoms with E-state index in [0.717, 1.165) is 12.1 Å². The number of carbonyl (C=O) groups excluding carboxylic acids is 2. The van der Waals surface area contributed by atoms with Crippen molar-refractivity contribution >= 4 is 11.9 Å². The number of amides is 1. The van der Waals surface area contributed by atoms with Crippen molar-refractivity contribution in [1.29, 1.82) is 0 Å². The van der Waals surface area contributed by atoms with Crippen LogP contribution in [0.1, 0.15) is 17.3 Å². The molecule has 0 radical (unpaired) electrons. The largest absolute Gasteiger partial charge is 0.469 e. The van der Waals surface area contributed by atoms with Crippen LogP contribution in [0, 0.1) is 17.6 Å². The van der Waals surface area contributed by atoms with Crippen LogP contribution in [0.2, 0.25) is 0 Å². The van der Waals surface area contributed by atoms with E-state index in [0.29, 0.717) is 0 Å². The number of carbonyl (C=O) groups is 2. The van der Waals surface area contributed by atoms with Crippen LogP contribution < -0.4 is 0 Å². The molecule has 0 heterocycles. The average Bonchev–Trinajstić information content (AvgIpc) is 2.39. The van der Waals surface area contributed by atoms with Crippen molar-refractivity contribution < 1.29 is 23.1 Å². The molecule has 0 aliphatic rings. The van der Waals surface area contributed by atoms with Gasteiger partial charge in [0, 0.05) is 19.2 Å². The number of esters is 1. The molecule has 1 amide bonds. The van der Waals surface area contributed by atoms with Crippen molar-refractivity contribution in [1.82, 2.24) is 4.90 Å². The second-order valence-corrected chi connectivity index (χ2v) is 4.24. The second kappa shape index (κ2) is 6.26. The van der Waals surface area contributed by atoms with Crippen molar-refractivity contribution in [2.75, 3.05) is 20.7 Å². The van der Waals surface area contributed by atoms with Gasteiger partial charge < -0.3 is 9.64 Å². The topological polar surface area (TPSA) is 46.6 Å². The first kappa shape index (κ1) is 15.1. The fourth-order valence-electron chi connectivity index (χ4n) is 1.62. The van der Waals surface area contributed by atoms with E-state index in [4.69, 9.17) is 0 Å². The van der Waals surface area contributed by atoms with Crippen molar-refractivity contribution in [3.05, 3.63) is 35.4 Å². The molecular weight excluding hydrogens is 256 g/mol. The van der Waals surface area contributed by atoms with Crippen LogP contribution in [0.3, 0.4) is 0 Å². The number of hydrogen-bond donors (Lipinski definition) is 0. The Labute approximate surface area is 110 Å². The van der Waals surface area contributed by atoms with Crippen LogP contribution in [-0.4, -0.2) is 37.5 Å². The highest BCUT2D eigenvalue weighted by Crippen LogP contribution is 2.11. The van der Waals surface area contributed by atoms with Gasteiger partial charge in [0.05, 0.1) is 13.0 Å². The number of rotatable bonds is 4. The number of benzene rings is 1. The van der Waals surface area contributed by atoms with Gasteiger partial charge in [0.2, 0.25) is 0 Å². The highest BCUT2D eigenvalue weighted by atomic mass is 19.2. The van der Waals surface area contributed by atoms with E-state index in [1.54, 1.807) is 6.92 Å². The summed E-state index contributed by atoms with van der Waals surface area (Å²) in [7, 11) is 2.74. The first-order valence-electron chi connectivity index (χ1n) is 5.65. The molecule has 0 N–H and O–H groups in total. The Balaban J connectivity index is 2.76. The molecule has 1 aromatic rings. The lowest BCUT2D eigenvalue weighted by Crippen LogP contribution is -2.34. The van der Waals surface area contributed by atoms with E-state index in [-0.39, 0.29) is 12.1 Å². The second-order valence-electron chi connectivity index (χ2n) is 4.24. The first-order valence-corrected chi connectivity index (χ1v) is 5.65. The number of nitrogens with zero attached hydrogens (tertiary/aromatic N) is 1. The van der Waals surface area contributed by atoms with E-state index >= 15 is 0 Å². The average molecular weight is 271 g/mol. The Kier molecular flexibility index (Phi) is 4.97. The van der Waals surface area contributed by atoms with Gasteiger partial charge in [-0.3, -0.25) is 9.59 Å². The normalized spacial score (nSPS) is 11.8. The minimum absolute atomic E-state index is 0.0264. The Morgan fingerprint density at radius 2 is 1.95 bits per heavy atom. The molecule has 4 nitrogen and oxygen atoms in total. The molecular formula is C13H15F2NO3. The molecule has 0 bridgehead atoms. The first-order chi connectivity index (χ1) is 8.86. The van der Waals surface area contributed by atoms with E-state index in [9.17, 15) is 18.4 Å². The van der Waals surface area contributed by atoms with E-state index < -0.39 is 29.4 Å². The zero-order valence-corrected chi connectivity index (χ0v) is 10.9. The predicted octanol–water partition coefficient (Wildman–Crippen LogP) is 1.85. The van der Waals surface area contributed by atoms with Gasteiger partial charge in [-0.05, 0) is 18.2 Å². The molecule has 6 heteroatoms. The summed E-state index contributed by atoms with van der Waals surface area (Å²) >= 11 is 0. The molecule has 1 rings (SSSR count). The number of hydrogen-bond acceptors (Lipinski definition) is 3. The molecule has 1 unspecified atom stereocenters. The maximum absolute atomic E-state index is 13.0. The van der Waals surface area contributed by atoms with Gasteiger partial charge in [-0.1, -0.05) is 6.92 Å². The van der Waals surface area contributed by atoms with Gasteiger partial charge in [-0.15, -0.1) is 0 Å². The Bertz CT molecular complexity index is 491. The minimum atomic E-state index is -1.08. The predicted molar refractivity (Wildman–Crippen MR) is 64.5 cm³/mol. The molecule has 19 heavy (non-hydrogen) atoms. The molecule has 0 saturated carbocycles. The zero-order chi connectivity index (χ0) is 14.6. The maximum atomic E-state index is 13.0. The number of ether oxygens (including phenoxy) is 1. The zero-order valence-electron chi connectivity index (χ0n) is 10.9. The Hall–Kier alpha value is -1.98. The summed E-state index contributed by atoms with van der Waals surface area (Å²) in [6.07, 6.45) is 0. The standard InChI is InChI=1S/C13H15F2NO3/c1-8(13(18)19-3)7-16(2)12(17)9-4-5-10(14)11(15)6-9/h4-6,8H,7H2,1-3H3. The van der Waals surface area contributed by atoms with Gasteiger partial charge in [0.25, 0.3) is 5.91 Å². The summed E-state index contributed by atoms with van der Waals surface area (Å²) in [5.74, 6) is -3.52. The number of halogens is 2. The van der Waals surface area contributed by atoms with Crippen LogP contribution in [0.5, 0.6) is 0 Å². The van der Waals surface area contributed by atoms with Crippen LogP contribution in [0.15, 0.2) is 18.2 Å². The molecule has 1 aromatic carbocycles. The molecule has 0 aliphatic heterocycles. The van der Waals surface area contributed by atoms with Gasteiger partial charge in [-0.25, -0.2) is 8.78 Å².